The summed E-state index contributed by atoms with van der Waals surface area (Å²) >= 11 is 0. The number of ether oxygens (including phenoxy) is 1. The molecule has 2 aromatic rings. The molecule has 1 unspecified atom stereocenters. The third-order valence-corrected chi connectivity index (χ3v) is 4.07. The van der Waals surface area contributed by atoms with E-state index in [-0.39, 0.29) is 12.5 Å². The molecule has 0 spiro atoms. The number of hydrogen-bond acceptors (Lipinski definition) is 3. The van der Waals surface area contributed by atoms with Crippen LogP contribution in [0, 0.1) is 0 Å². The Kier molecular flexibility index (Phi) is 4.04. The van der Waals surface area contributed by atoms with Crippen LogP contribution in [0.15, 0.2) is 36.5 Å². The number of carbonyl (C=O) groups is 1. The molecular weight excluding hydrogens is 264 g/mol. The number of piperidine rings is 1. The molecule has 1 fully saturated rings. The van der Waals surface area contributed by atoms with Gasteiger partial charge in [0.05, 0.1) is 0 Å². The first-order chi connectivity index (χ1) is 10.3. The number of nitrogens with zero attached hydrogens (tertiary/aromatic N) is 2. The summed E-state index contributed by atoms with van der Waals surface area (Å²) < 4.78 is 5.73. The van der Waals surface area contributed by atoms with Crippen molar-refractivity contribution in [2.75, 3.05) is 13.2 Å². The van der Waals surface area contributed by atoms with Crippen LogP contribution in [0.25, 0.3) is 10.9 Å². The summed E-state index contributed by atoms with van der Waals surface area (Å²) in [4.78, 5) is 18.6. The fraction of sp³-hybridized carbons (Fsp3) is 0.412. The van der Waals surface area contributed by atoms with Crippen molar-refractivity contribution < 1.29 is 9.53 Å². The summed E-state index contributed by atoms with van der Waals surface area (Å²) in [7, 11) is 0. The Labute approximate surface area is 124 Å². The van der Waals surface area contributed by atoms with E-state index in [0.717, 1.165) is 30.3 Å². The summed E-state index contributed by atoms with van der Waals surface area (Å²) in [6, 6.07) is 9.98. The van der Waals surface area contributed by atoms with Gasteiger partial charge in [-0.15, -0.1) is 0 Å². The highest BCUT2D eigenvalue weighted by atomic mass is 16.5. The van der Waals surface area contributed by atoms with E-state index in [1.807, 2.05) is 35.2 Å². The van der Waals surface area contributed by atoms with Gasteiger partial charge in [0, 0.05) is 24.2 Å². The molecule has 1 atom stereocenters. The molecule has 0 saturated carbocycles. The van der Waals surface area contributed by atoms with Crippen LogP contribution < -0.4 is 4.74 Å². The molecule has 1 aromatic heterocycles. The van der Waals surface area contributed by atoms with Gasteiger partial charge in [0.25, 0.3) is 5.91 Å². The Hall–Kier alpha value is -2.10. The lowest BCUT2D eigenvalue weighted by molar-refractivity contribution is -0.136. The average Bonchev–Trinajstić information content (AvgIpc) is 2.53. The van der Waals surface area contributed by atoms with Gasteiger partial charge in [-0.3, -0.25) is 9.78 Å². The monoisotopic (exact) mass is 284 g/mol. The van der Waals surface area contributed by atoms with Gasteiger partial charge in [-0.25, -0.2) is 0 Å². The van der Waals surface area contributed by atoms with Crippen LogP contribution in [-0.2, 0) is 4.79 Å². The smallest absolute Gasteiger partial charge is 0.260 e. The zero-order valence-corrected chi connectivity index (χ0v) is 12.3. The van der Waals surface area contributed by atoms with E-state index >= 15 is 0 Å². The zero-order valence-electron chi connectivity index (χ0n) is 12.3. The third-order valence-electron chi connectivity index (χ3n) is 4.07. The molecular formula is C17H20N2O2. The van der Waals surface area contributed by atoms with Crippen molar-refractivity contribution in [3.05, 3.63) is 36.5 Å². The van der Waals surface area contributed by atoms with Gasteiger partial charge < -0.3 is 9.64 Å². The topological polar surface area (TPSA) is 42.4 Å². The highest BCUT2D eigenvalue weighted by Gasteiger charge is 2.23. The Morgan fingerprint density at radius 2 is 2.19 bits per heavy atom. The van der Waals surface area contributed by atoms with Gasteiger partial charge in [-0.1, -0.05) is 18.2 Å². The molecule has 0 bridgehead atoms. The van der Waals surface area contributed by atoms with Gasteiger partial charge in [0.1, 0.15) is 11.3 Å². The Morgan fingerprint density at radius 1 is 1.33 bits per heavy atom. The normalized spacial score (nSPS) is 18.7. The molecule has 0 radical (unpaired) electrons. The van der Waals surface area contributed by atoms with E-state index in [2.05, 4.69) is 11.9 Å². The minimum Gasteiger partial charge on any atom is -0.481 e. The number of carbonyl (C=O) groups excluding carboxylic acids is 1. The number of amides is 1. The van der Waals surface area contributed by atoms with E-state index in [0.29, 0.717) is 11.8 Å². The minimum absolute atomic E-state index is 0.0649. The molecule has 0 N–H and O–H groups in total. The van der Waals surface area contributed by atoms with Crippen LogP contribution in [-0.4, -0.2) is 35.0 Å². The molecule has 110 valence electrons. The van der Waals surface area contributed by atoms with Gasteiger partial charge in [0.2, 0.25) is 0 Å². The molecule has 1 saturated heterocycles. The van der Waals surface area contributed by atoms with E-state index in [1.54, 1.807) is 6.20 Å². The van der Waals surface area contributed by atoms with E-state index in [9.17, 15) is 4.79 Å². The summed E-state index contributed by atoms with van der Waals surface area (Å²) in [5.74, 6) is 0.737. The molecule has 1 aliphatic rings. The van der Waals surface area contributed by atoms with Gasteiger partial charge >= 0.3 is 0 Å². The minimum atomic E-state index is 0.0649. The molecule has 2 heterocycles. The van der Waals surface area contributed by atoms with E-state index in [4.69, 9.17) is 4.74 Å². The number of fused-ring (bicyclic) bond motifs is 1. The largest absolute Gasteiger partial charge is 0.481 e. The number of para-hydroxylation sites is 1. The van der Waals surface area contributed by atoms with E-state index in [1.165, 1.54) is 6.42 Å². The van der Waals surface area contributed by atoms with Crippen LogP contribution >= 0.6 is 0 Å². The fourth-order valence-corrected chi connectivity index (χ4v) is 2.88. The second kappa shape index (κ2) is 6.12. The predicted octanol–water partition coefficient (Wildman–Crippen LogP) is 3.01. The Bertz CT molecular complexity index is 636. The molecule has 3 rings (SSSR count). The van der Waals surface area contributed by atoms with Crippen LogP contribution in [0.2, 0.25) is 0 Å². The van der Waals surface area contributed by atoms with Crippen LogP contribution in [0.5, 0.6) is 5.75 Å². The predicted molar refractivity (Wildman–Crippen MR) is 82.3 cm³/mol. The SMILES string of the molecule is CC1CCCCN1C(=O)COc1cccc2cccnc12. The first-order valence-corrected chi connectivity index (χ1v) is 7.52. The zero-order chi connectivity index (χ0) is 14.7. The molecule has 21 heavy (non-hydrogen) atoms. The van der Waals surface area contributed by atoms with Crippen LogP contribution in [0.1, 0.15) is 26.2 Å². The molecule has 4 nitrogen and oxygen atoms in total. The number of hydrogen-bond donors (Lipinski definition) is 0. The summed E-state index contributed by atoms with van der Waals surface area (Å²) in [6.45, 7) is 3.04. The number of rotatable bonds is 3. The average molecular weight is 284 g/mol. The van der Waals surface area contributed by atoms with E-state index < -0.39 is 0 Å². The standard InChI is InChI=1S/C17H20N2O2/c1-13-6-2-3-11-19(13)16(20)12-21-15-9-4-7-14-8-5-10-18-17(14)15/h4-5,7-10,13H,2-3,6,11-12H2,1H3. The number of benzene rings is 1. The molecule has 0 aliphatic carbocycles. The quantitative estimate of drug-likeness (QED) is 0.870. The second-order valence-corrected chi connectivity index (χ2v) is 5.55. The number of pyridine rings is 1. The lowest BCUT2D eigenvalue weighted by Crippen LogP contribution is -2.44. The maximum absolute atomic E-state index is 12.3. The Morgan fingerprint density at radius 3 is 3.05 bits per heavy atom. The fourth-order valence-electron chi connectivity index (χ4n) is 2.88. The van der Waals surface area contributed by atoms with Gasteiger partial charge in [-0.2, -0.15) is 0 Å². The molecule has 1 aliphatic heterocycles. The van der Waals surface area contributed by atoms with Crippen LogP contribution in [0.3, 0.4) is 0 Å². The van der Waals surface area contributed by atoms with Gasteiger partial charge in [0.15, 0.2) is 6.61 Å². The van der Waals surface area contributed by atoms with Crippen LogP contribution in [0.4, 0.5) is 0 Å². The van der Waals surface area contributed by atoms with Crippen molar-refractivity contribution in [3.63, 3.8) is 0 Å². The first-order valence-electron chi connectivity index (χ1n) is 7.52. The maximum Gasteiger partial charge on any atom is 0.260 e. The maximum atomic E-state index is 12.3. The summed E-state index contributed by atoms with van der Waals surface area (Å²) in [6.07, 6.45) is 5.12. The van der Waals surface area contributed by atoms with Crippen molar-refractivity contribution in [1.82, 2.24) is 9.88 Å². The van der Waals surface area contributed by atoms with Crippen molar-refractivity contribution in [2.24, 2.45) is 0 Å². The number of likely N-dealkylation sites (tertiary alicyclic amines) is 1. The number of aromatic nitrogens is 1. The van der Waals surface area contributed by atoms with Crippen molar-refractivity contribution in [3.8, 4) is 5.75 Å². The van der Waals surface area contributed by atoms with Gasteiger partial charge in [-0.05, 0) is 38.3 Å². The lowest BCUT2D eigenvalue weighted by Gasteiger charge is -2.33. The molecule has 1 amide bonds. The Balaban J connectivity index is 1.70. The summed E-state index contributed by atoms with van der Waals surface area (Å²) in [5.41, 5.74) is 0.805. The van der Waals surface area contributed by atoms with Crippen molar-refractivity contribution in [2.45, 2.75) is 32.2 Å². The molecule has 4 heteroatoms. The lowest BCUT2D eigenvalue weighted by atomic mass is 10.0. The van der Waals surface area contributed by atoms with Crippen molar-refractivity contribution >= 4 is 16.8 Å². The highest BCUT2D eigenvalue weighted by molar-refractivity contribution is 5.85. The first kappa shape index (κ1) is 13.9. The molecule has 1 aromatic carbocycles. The highest BCUT2D eigenvalue weighted by Crippen LogP contribution is 2.23. The third kappa shape index (κ3) is 2.99. The summed E-state index contributed by atoms with van der Waals surface area (Å²) in [5, 5.41) is 1.02. The second-order valence-electron chi connectivity index (χ2n) is 5.55. The van der Waals surface area contributed by atoms with Crippen molar-refractivity contribution in [1.29, 1.82) is 0 Å².